The van der Waals surface area contributed by atoms with Gasteiger partial charge in [-0.15, -0.1) is 0 Å². The third-order valence-corrected chi connectivity index (χ3v) is 2.18. The SMILES string of the molecule is Cn1cnc(Br)c1C(C)(C)C. The highest BCUT2D eigenvalue weighted by Crippen LogP contribution is 2.27. The monoisotopic (exact) mass is 216 g/mol. The van der Waals surface area contributed by atoms with Crippen LogP contribution in [0.2, 0.25) is 0 Å². The van der Waals surface area contributed by atoms with E-state index in [4.69, 9.17) is 0 Å². The first-order chi connectivity index (χ1) is 4.93. The van der Waals surface area contributed by atoms with E-state index < -0.39 is 0 Å². The summed E-state index contributed by atoms with van der Waals surface area (Å²) >= 11 is 3.42. The number of hydrogen-bond acceptors (Lipinski definition) is 1. The minimum Gasteiger partial charge on any atom is -0.336 e. The summed E-state index contributed by atoms with van der Waals surface area (Å²) in [5.74, 6) is 0. The molecule has 1 aromatic rings. The molecular formula is C8H13BrN2. The van der Waals surface area contributed by atoms with Gasteiger partial charge < -0.3 is 4.57 Å². The summed E-state index contributed by atoms with van der Waals surface area (Å²) in [7, 11) is 2.01. The third-order valence-electron chi connectivity index (χ3n) is 1.60. The number of nitrogens with zero attached hydrogens (tertiary/aromatic N) is 2. The average molecular weight is 217 g/mol. The van der Waals surface area contributed by atoms with Crippen LogP contribution in [0, 0.1) is 0 Å². The molecule has 0 unspecified atom stereocenters. The van der Waals surface area contributed by atoms with Crippen LogP contribution in [0.1, 0.15) is 26.5 Å². The lowest BCUT2D eigenvalue weighted by atomic mass is 9.93. The van der Waals surface area contributed by atoms with Gasteiger partial charge in [0.05, 0.1) is 12.0 Å². The van der Waals surface area contributed by atoms with Gasteiger partial charge in [-0.1, -0.05) is 20.8 Å². The first-order valence-corrected chi connectivity index (χ1v) is 4.39. The summed E-state index contributed by atoms with van der Waals surface area (Å²) in [5, 5.41) is 0. The molecule has 0 fully saturated rings. The van der Waals surface area contributed by atoms with Crippen LogP contribution in [0.25, 0.3) is 0 Å². The molecule has 0 bridgehead atoms. The molecule has 2 nitrogen and oxygen atoms in total. The summed E-state index contributed by atoms with van der Waals surface area (Å²) in [4.78, 5) is 4.16. The molecule has 3 heteroatoms. The molecule has 0 radical (unpaired) electrons. The summed E-state index contributed by atoms with van der Waals surface area (Å²) in [6, 6.07) is 0. The van der Waals surface area contributed by atoms with Crippen LogP contribution >= 0.6 is 15.9 Å². The molecule has 11 heavy (non-hydrogen) atoms. The molecule has 1 aromatic heterocycles. The van der Waals surface area contributed by atoms with E-state index in [1.54, 1.807) is 0 Å². The summed E-state index contributed by atoms with van der Waals surface area (Å²) in [6.07, 6.45) is 1.82. The van der Waals surface area contributed by atoms with E-state index in [1.807, 2.05) is 17.9 Å². The average Bonchev–Trinajstić information content (AvgIpc) is 2.08. The van der Waals surface area contributed by atoms with Crippen LogP contribution in [0.4, 0.5) is 0 Å². The number of hydrogen-bond donors (Lipinski definition) is 0. The zero-order valence-corrected chi connectivity index (χ0v) is 8.94. The fraction of sp³-hybridized carbons (Fsp3) is 0.625. The smallest absolute Gasteiger partial charge is 0.127 e. The van der Waals surface area contributed by atoms with Crippen LogP contribution in [-0.4, -0.2) is 9.55 Å². The molecule has 0 N–H and O–H groups in total. The van der Waals surface area contributed by atoms with Gasteiger partial charge >= 0.3 is 0 Å². The Balaban J connectivity index is 3.21. The van der Waals surface area contributed by atoms with Crippen molar-refractivity contribution < 1.29 is 0 Å². The second-order valence-electron chi connectivity index (χ2n) is 3.74. The van der Waals surface area contributed by atoms with Crippen LogP contribution in [-0.2, 0) is 12.5 Å². The molecular weight excluding hydrogens is 204 g/mol. The van der Waals surface area contributed by atoms with Gasteiger partial charge in [0.2, 0.25) is 0 Å². The Bertz CT molecular complexity index is 238. The Labute approximate surface area is 75.8 Å². The number of aromatic nitrogens is 2. The lowest BCUT2D eigenvalue weighted by Crippen LogP contribution is -2.16. The fourth-order valence-corrected chi connectivity index (χ4v) is 2.21. The molecule has 0 amide bonds. The van der Waals surface area contributed by atoms with Gasteiger partial charge in [0.25, 0.3) is 0 Å². The highest BCUT2D eigenvalue weighted by molar-refractivity contribution is 9.10. The lowest BCUT2D eigenvalue weighted by molar-refractivity contribution is 0.540. The van der Waals surface area contributed by atoms with Gasteiger partial charge in [0.15, 0.2) is 0 Å². The van der Waals surface area contributed by atoms with Gasteiger partial charge in [0.1, 0.15) is 4.60 Å². The second kappa shape index (κ2) is 2.63. The van der Waals surface area contributed by atoms with Crippen molar-refractivity contribution in [3.8, 4) is 0 Å². The van der Waals surface area contributed by atoms with E-state index in [2.05, 4.69) is 41.7 Å². The van der Waals surface area contributed by atoms with Crippen molar-refractivity contribution in [2.75, 3.05) is 0 Å². The molecule has 62 valence electrons. The molecule has 0 aliphatic rings. The minimum absolute atomic E-state index is 0.157. The Kier molecular flexibility index (Phi) is 2.10. The predicted molar refractivity (Wildman–Crippen MR) is 49.6 cm³/mol. The van der Waals surface area contributed by atoms with Crippen LogP contribution in [0.3, 0.4) is 0 Å². The van der Waals surface area contributed by atoms with Gasteiger partial charge in [0, 0.05) is 12.5 Å². The zero-order chi connectivity index (χ0) is 8.65. The maximum atomic E-state index is 4.16. The van der Waals surface area contributed by atoms with E-state index in [-0.39, 0.29) is 5.41 Å². The Morgan fingerprint density at radius 3 is 2.18 bits per heavy atom. The number of rotatable bonds is 0. The summed E-state index contributed by atoms with van der Waals surface area (Å²) in [5.41, 5.74) is 1.39. The van der Waals surface area contributed by atoms with Crippen molar-refractivity contribution in [2.45, 2.75) is 26.2 Å². The van der Waals surface area contributed by atoms with E-state index >= 15 is 0 Å². The largest absolute Gasteiger partial charge is 0.336 e. The van der Waals surface area contributed by atoms with E-state index in [1.165, 1.54) is 5.69 Å². The van der Waals surface area contributed by atoms with Crippen molar-refractivity contribution in [1.82, 2.24) is 9.55 Å². The second-order valence-corrected chi connectivity index (χ2v) is 4.50. The molecule has 0 aliphatic heterocycles. The van der Waals surface area contributed by atoms with Crippen molar-refractivity contribution in [2.24, 2.45) is 7.05 Å². The van der Waals surface area contributed by atoms with E-state index in [0.717, 1.165) is 4.60 Å². The van der Waals surface area contributed by atoms with E-state index in [9.17, 15) is 0 Å². The normalized spacial score (nSPS) is 12.1. The quantitative estimate of drug-likeness (QED) is 0.652. The van der Waals surface area contributed by atoms with Crippen molar-refractivity contribution in [1.29, 1.82) is 0 Å². The van der Waals surface area contributed by atoms with Crippen molar-refractivity contribution >= 4 is 15.9 Å². The number of halogens is 1. The third kappa shape index (κ3) is 1.64. The van der Waals surface area contributed by atoms with Crippen LogP contribution < -0.4 is 0 Å². The molecule has 0 saturated heterocycles. The van der Waals surface area contributed by atoms with Gasteiger partial charge in [-0.05, 0) is 15.9 Å². The van der Waals surface area contributed by atoms with Crippen molar-refractivity contribution in [3.05, 3.63) is 16.6 Å². The van der Waals surface area contributed by atoms with Crippen LogP contribution in [0.15, 0.2) is 10.9 Å². The van der Waals surface area contributed by atoms with Gasteiger partial charge in [-0.3, -0.25) is 0 Å². The lowest BCUT2D eigenvalue weighted by Gasteiger charge is -2.19. The highest BCUT2D eigenvalue weighted by atomic mass is 79.9. The molecule has 0 aliphatic carbocycles. The van der Waals surface area contributed by atoms with Gasteiger partial charge in [-0.25, -0.2) is 4.98 Å². The van der Waals surface area contributed by atoms with E-state index in [0.29, 0.717) is 0 Å². The number of aryl methyl sites for hydroxylation is 1. The minimum atomic E-state index is 0.157. The molecule has 1 heterocycles. The summed E-state index contributed by atoms with van der Waals surface area (Å²) in [6.45, 7) is 6.53. The molecule has 1 rings (SSSR count). The Morgan fingerprint density at radius 1 is 1.45 bits per heavy atom. The van der Waals surface area contributed by atoms with Gasteiger partial charge in [-0.2, -0.15) is 0 Å². The fourth-order valence-electron chi connectivity index (χ4n) is 1.24. The predicted octanol–water partition coefficient (Wildman–Crippen LogP) is 2.48. The Morgan fingerprint density at radius 2 is 2.00 bits per heavy atom. The standard InChI is InChI=1S/C8H13BrN2/c1-8(2,3)6-7(9)10-5-11(6)4/h5H,1-4H3. The molecule has 0 saturated carbocycles. The maximum absolute atomic E-state index is 4.16. The molecule has 0 atom stereocenters. The Hall–Kier alpha value is -0.310. The van der Waals surface area contributed by atoms with Crippen molar-refractivity contribution in [3.63, 3.8) is 0 Å². The first-order valence-electron chi connectivity index (χ1n) is 3.60. The molecule has 0 aromatic carbocycles. The zero-order valence-electron chi connectivity index (χ0n) is 7.35. The first kappa shape index (κ1) is 8.78. The maximum Gasteiger partial charge on any atom is 0.127 e. The number of imidazole rings is 1. The molecule has 0 spiro atoms. The topological polar surface area (TPSA) is 17.8 Å². The highest BCUT2D eigenvalue weighted by Gasteiger charge is 2.20. The summed E-state index contributed by atoms with van der Waals surface area (Å²) < 4.78 is 3.00. The van der Waals surface area contributed by atoms with Crippen LogP contribution in [0.5, 0.6) is 0 Å².